The number of benzene rings is 2. The van der Waals surface area contributed by atoms with Crippen molar-refractivity contribution in [2.45, 2.75) is 17.3 Å². The molecule has 0 saturated heterocycles. The molecule has 8 heteroatoms. The number of aromatic nitrogens is 3. The Morgan fingerprint density at radius 3 is 2.46 bits per heavy atom. The first-order valence-electron chi connectivity index (χ1n) is 7.82. The molecule has 0 unspecified atom stereocenters. The van der Waals surface area contributed by atoms with Gasteiger partial charge in [0.05, 0.1) is 5.25 Å². The van der Waals surface area contributed by atoms with Crippen LogP contribution in [0.5, 0.6) is 0 Å². The van der Waals surface area contributed by atoms with Gasteiger partial charge < -0.3 is 9.88 Å². The number of carbonyl (C=O) groups excluding carboxylic acids is 1. The van der Waals surface area contributed by atoms with E-state index in [4.69, 9.17) is 11.6 Å². The third-order valence-electron chi connectivity index (χ3n) is 3.70. The lowest BCUT2D eigenvalue weighted by Gasteiger charge is -2.11. The number of carbonyl (C=O) groups is 1. The molecule has 0 bridgehead atoms. The SMILES string of the molecule is C[C@H](Sc1nnc(-c2ccc(F)cc2)n1C)C(=O)Nc1ccc(Cl)cc1. The fraction of sp³-hybridized carbons (Fsp3) is 0.167. The van der Waals surface area contributed by atoms with Gasteiger partial charge >= 0.3 is 0 Å². The fourth-order valence-electron chi connectivity index (χ4n) is 2.26. The van der Waals surface area contributed by atoms with E-state index >= 15 is 0 Å². The van der Waals surface area contributed by atoms with E-state index in [-0.39, 0.29) is 17.0 Å². The van der Waals surface area contributed by atoms with Gasteiger partial charge in [-0.05, 0) is 55.5 Å². The Morgan fingerprint density at radius 2 is 1.81 bits per heavy atom. The maximum absolute atomic E-state index is 13.1. The maximum atomic E-state index is 13.1. The minimum atomic E-state index is -0.380. The minimum Gasteiger partial charge on any atom is -0.325 e. The van der Waals surface area contributed by atoms with Crippen molar-refractivity contribution >= 4 is 35.0 Å². The van der Waals surface area contributed by atoms with Crippen LogP contribution in [-0.4, -0.2) is 25.9 Å². The molecule has 0 aliphatic rings. The summed E-state index contributed by atoms with van der Waals surface area (Å²) in [6.07, 6.45) is 0. The van der Waals surface area contributed by atoms with Crippen molar-refractivity contribution in [2.24, 2.45) is 7.05 Å². The van der Waals surface area contributed by atoms with E-state index in [0.29, 0.717) is 21.7 Å². The molecule has 3 aromatic rings. The zero-order valence-electron chi connectivity index (χ0n) is 14.1. The summed E-state index contributed by atoms with van der Waals surface area (Å²) >= 11 is 7.14. The fourth-order valence-corrected chi connectivity index (χ4v) is 3.20. The predicted molar refractivity (Wildman–Crippen MR) is 102 cm³/mol. The molecule has 0 fully saturated rings. The second-order valence-electron chi connectivity index (χ2n) is 5.63. The van der Waals surface area contributed by atoms with E-state index in [2.05, 4.69) is 15.5 Å². The summed E-state index contributed by atoms with van der Waals surface area (Å²) in [5.41, 5.74) is 1.43. The second kappa shape index (κ2) is 7.88. The molecule has 1 aromatic heterocycles. The average molecular weight is 391 g/mol. The average Bonchev–Trinajstić information content (AvgIpc) is 2.98. The molecule has 0 spiro atoms. The number of halogens is 2. The van der Waals surface area contributed by atoms with E-state index in [1.807, 2.05) is 7.05 Å². The molecule has 134 valence electrons. The lowest BCUT2D eigenvalue weighted by Crippen LogP contribution is -2.22. The molecule has 3 rings (SSSR count). The Morgan fingerprint density at radius 1 is 1.15 bits per heavy atom. The highest BCUT2D eigenvalue weighted by molar-refractivity contribution is 8.00. The minimum absolute atomic E-state index is 0.149. The van der Waals surface area contributed by atoms with Gasteiger partial charge in [0.2, 0.25) is 5.91 Å². The molecular formula is C18H16ClFN4OS. The molecule has 1 amide bonds. The lowest BCUT2D eigenvalue weighted by atomic mass is 10.2. The third kappa shape index (κ3) is 4.23. The smallest absolute Gasteiger partial charge is 0.237 e. The Kier molecular flexibility index (Phi) is 5.58. The molecule has 0 radical (unpaired) electrons. The quantitative estimate of drug-likeness (QED) is 0.656. The van der Waals surface area contributed by atoms with Crippen molar-refractivity contribution in [2.75, 3.05) is 5.32 Å². The summed E-state index contributed by atoms with van der Waals surface area (Å²) < 4.78 is 14.9. The van der Waals surface area contributed by atoms with Gasteiger partial charge in [-0.25, -0.2) is 4.39 Å². The molecule has 1 atom stereocenters. The van der Waals surface area contributed by atoms with E-state index in [9.17, 15) is 9.18 Å². The van der Waals surface area contributed by atoms with Gasteiger partial charge in [-0.2, -0.15) is 0 Å². The van der Waals surface area contributed by atoms with Gasteiger partial charge in [-0.15, -0.1) is 10.2 Å². The summed E-state index contributed by atoms with van der Waals surface area (Å²) in [4.78, 5) is 12.4. The van der Waals surface area contributed by atoms with Crippen LogP contribution >= 0.6 is 23.4 Å². The molecule has 1 heterocycles. The monoisotopic (exact) mass is 390 g/mol. The first kappa shape index (κ1) is 18.4. The van der Waals surface area contributed by atoms with Crippen LogP contribution in [0, 0.1) is 5.82 Å². The zero-order valence-corrected chi connectivity index (χ0v) is 15.7. The van der Waals surface area contributed by atoms with Crippen molar-refractivity contribution < 1.29 is 9.18 Å². The van der Waals surface area contributed by atoms with Gasteiger partial charge in [-0.3, -0.25) is 4.79 Å². The second-order valence-corrected chi connectivity index (χ2v) is 7.37. The third-order valence-corrected chi connectivity index (χ3v) is 5.09. The highest BCUT2D eigenvalue weighted by atomic mass is 35.5. The molecule has 26 heavy (non-hydrogen) atoms. The Bertz CT molecular complexity index is 912. The predicted octanol–water partition coefficient (Wildman–Crippen LogP) is 4.39. The van der Waals surface area contributed by atoms with Crippen LogP contribution in [0.15, 0.2) is 53.7 Å². The molecule has 1 N–H and O–H groups in total. The van der Waals surface area contributed by atoms with Gasteiger partial charge in [0.15, 0.2) is 11.0 Å². The van der Waals surface area contributed by atoms with Crippen LogP contribution in [0.2, 0.25) is 5.02 Å². The van der Waals surface area contributed by atoms with Crippen molar-refractivity contribution in [3.05, 3.63) is 59.4 Å². The Balaban J connectivity index is 1.69. The molecule has 5 nitrogen and oxygen atoms in total. The van der Waals surface area contributed by atoms with E-state index in [0.717, 1.165) is 5.56 Å². The van der Waals surface area contributed by atoms with Crippen molar-refractivity contribution in [1.82, 2.24) is 14.8 Å². The number of hydrogen-bond donors (Lipinski definition) is 1. The van der Waals surface area contributed by atoms with Crippen molar-refractivity contribution in [3.63, 3.8) is 0 Å². The number of amides is 1. The zero-order chi connectivity index (χ0) is 18.7. The van der Waals surface area contributed by atoms with Crippen LogP contribution in [0.4, 0.5) is 10.1 Å². The first-order chi connectivity index (χ1) is 12.4. The summed E-state index contributed by atoms with van der Waals surface area (Å²) in [5.74, 6) is 0.152. The Hall–Kier alpha value is -2.38. The number of anilines is 1. The highest BCUT2D eigenvalue weighted by Gasteiger charge is 2.19. The van der Waals surface area contributed by atoms with Gasteiger partial charge in [0, 0.05) is 23.3 Å². The molecular weight excluding hydrogens is 375 g/mol. The molecule has 2 aromatic carbocycles. The summed E-state index contributed by atoms with van der Waals surface area (Å²) in [6, 6.07) is 12.9. The summed E-state index contributed by atoms with van der Waals surface area (Å²) in [7, 11) is 1.81. The number of nitrogens with one attached hydrogen (secondary N) is 1. The Labute approximate surface area is 159 Å². The van der Waals surface area contributed by atoms with Crippen molar-refractivity contribution in [3.8, 4) is 11.4 Å². The van der Waals surface area contributed by atoms with E-state index in [1.165, 1.54) is 23.9 Å². The van der Waals surface area contributed by atoms with Gasteiger partial charge in [0.1, 0.15) is 5.82 Å². The number of thioether (sulfide) groups is 1. The van der Waals surface area contributed by atoms with Gasteiger partial charge in [-0.1, -0.05) is 23.4 Å². The maximum Gasteiger partial charge on any atom is 0.237 e. The highest BCUT2D eigenvalue weighted by Crippen LogP contribution is 2.26. The van der Waals surface area contributed by atoms with Gasteiger partial charge in [0.25, 0.3) is 0 Å². The molecule has 0 aliphatic carbocycles. The lowest BCUT2D eigenvalue weighted by molar-refractivity contribution is -0.115. The van der Waals surface area contributed by atoms with Crippen LogP contribution in [0.25, 0.3) is 11.4 Å². The largest absolute Gasteiger partial charge is 0.325 e. The van der Waals surface area contributed by atoms with Crippen molar-refractivity contribution in [1.29, 1.82) is 0 Å². The number of nitrogens with zero attached hydrogens (tertiary/aromatic N) is 3. The molecule has 0 saturated carbocycles. The van der Waals surface area contributed by atoms with E-state index in [1.54, 1.807) is 47.9 Å². The standard InChI is InChI=1S/C18H16ClFN4OS/c1-11(17(25)21-15-9-5-13(19)6-10-15)26-18-23-22-16(24(18)2)12-3-7-14(20)8-4-12/h3-11H,1-2H3,(H,21,25)/t11-/m0/s1. The van der Waals surface area contributed by atoms with Crippen LogP contribution in [0.1, 0.15) is 6.92 Å². The van der Waals surface area contributed by atoms with Crippen LogP contribution in [0.3, 0.4) is 0 Å². The number of hydrogen-bond acceptors (Lipinski definition) is 4. The molecule has 0 aliphatic heterocycles. The van der Waals surface area contributed by atoms with Crippen LogP contribution < -0.4 is 5.32 Å². The number of rotatable bonds is 5. The first-order valence-corrected chi connectivity index (χ1v) is 9.08. The summed E-state index contributed by atoms with van der Waals surface area (Å²) in [6.45, 7) is 1.79. The van der Waals surface area contributed by atoms with Crippen LogP contribution in [-0.2, 0) is 11.8 Å². The summed E-state index contributed by atoms with van der Waals surface area (Å²) in [5, 5.41) is 12.0. The van der Waals surface area contributed by atoms with E-state index < -0.39 is 0 Å². The topological polar surface area (TPSA) is 59.8 Å². The normalized spacial score (nSPS) is 12.0.